The van der Waals surface area contributed by atoms with Crippen molar-refractivity contribution in [3.8, 4) is 5.75 Å². The van der Waals surface area contributed by atoms with Crippen LogP contribution in [-0.2, 0) is 15.5 Å². The molecule has 156 valence electrons. The van der Waals surface area contributed by atoms with Gasteiger partial charge in [0.05, 0.1) is 10.9 Å². The Kier molecular flexibility index (Phi) is 7.07. The number of hydrogen-bond donors (Lipinski definition) is 1. The lowest BCUT2D eigenvalue weighted by atomic mass is 10.1. The molecule has 0 aromatic heterocycles. The molecule has 0 bridgehead atoms. The summed E-state index contributed by atoms with van der Waals surface area (Å²) in [6.45, 7) is 0.148. The van der Waals surface area contributed by atoms with Gasteiger partial charge in [-0.25, -0.2) is 12.8 Å². The molecule has 0 aliphatic heterocycles. The molecule has 1 atom stereocenters. The summed E-state index contributed by atoms with van der Waals surface area (Å²) in [5, 5.41) is 2.90. The largest absolute Gasteiger partial charge is 0.491 e. The van der Waals surface area contributed by atoms with Crippen LogP contribution < -0.4 is 10.1 Å². The van der Waals surface area contributed by atoms with Crippen LogP contribution in [0.5, 0.6) is 5.75 Å². The van der Waals surface area contributed by atoms with Gasteiger partial charge in [-0.05, 0) is 60.5 Å². The Bertz CT molecular complexity index is 1090. The van der Waals surface area contributed by atoms with Crippen molar-refractivity contribution in [2.24, 2.45) is 0 Å². The summed E-state index contributed by atoms with van der Waals surface area (Å²) in [5.41, 5.74) is 1.35. The van der Waals surface area contributed by atoms with Crippen molar-refractivity contribution < 1.29 is 22.3 Å². The van der Waals surface area contributed by atoms with E-state index in [-0.39, 0.29) is 23.5 Å². The van der Waals surface area contributed by atoms with Crippen molar-refractivity contribution in [2.75, 3.05) is 6.61 Å². The first-order valence-corrected chi connectivity index (χ1v) is 11.4. The predicted molar refractivity (Wildman–Crippen MR) is 113 cm³/mol. The standard InChI is InChI=1S/C22H19ClFNO4S/c23-30(27,28)21-12-10-20(11-13-21)29-15-19(14-16-4-2-1-3-5-16)25-22(26)17-6-8-18(24)9-7-17/h1-13,19H,14-15H2,(H,25,26)/t19-/m0/s1. The monoisotopic (exact) mass is 447 g/mol. The zero-order chi connectivity index (χ0) is 21.6. The predicted octanol–water partition coefficient (Wildman–Crippen LogP) is 4.17. The van der Waals surface area contributed by atoms with Crippen LogP contribution in [0.2, 0.25) is 0 Å². The van der Waals surface area contributed by atoms with Gasteiger partial charge < -0.3 is 10.1 Å². The maximum atomic E-state index is 13.1. The molecule has 1 amide bonds. The maximum absolute atomic E-state index is 13.1. The number of nitrogens with one attached hydrogen (secondary N) is 1. The van der Waals surface area contributed by atoms with Crippen LogP contribution in [-0.4, -0.2) is 27.0 Å². The minimum Gasteiger partial charge on any atom is -0.491 e. The molecule has 0 aliphatic rings. The van der Waals surface area contributed by atoms with Gasteiger partial charge in [0.2, 0.25) is 0 Å². The highest BCUT2D eigenvalue weighted by atomic mass is 35.7. The molecule has 3 rings (SSSR count). The van der Waals surface area contributed by atoms with Gasteiger partial charge in [-0.1, -0.05) is 30.3 Å². The Morgan fingerprint density at radius 1 is 0.967 bits per heavy atom. The molecule has 3 aromatic carbocycles. The third kappa shape index (κ3) is 6.30. The van der Waals surface area contributed by atoms with Crippen LogP contribution in [0.1, 0.15) is 15.9 Å². The first kappa shape index (κ1) is 21.8. The molecule has 1 N–H and O–H groups in total. The summed E-state index contributed by atoms with van der Waals surface area (Å²) in [6.07, 6.45) is 0.516. The molecule has 3 aromatic rings. The Balaban J connectivity index is 1.70. The zero-order valence-corrected chi connectivity index (χ0v) is 17.4. The lowest BCUT2D eigenvalue weighted by molar-refractivity contribution is 0.0921. The normalized spacial score (nSPS) is 12.2. The van der Waals surface area contributed by atoms with E-state index in [1.807, 2.05) is 30.3 Å². The second-order valence-corrected chi connectivity index (χ2v) is 9.15. The van der Waals surface area contributed by atoms with Gasteiger partial charge in [0.1, 0.15) is 18.2 Å². The van der Waals surface area contributed by atoms with E-state index in [1.54, 1.807) is 0 Å². The topological polar surface area (TPSA) is 72.5 Å². The van der Waals surface area contributed by atoms with E-state index in [4.69, 9.17) is 15.4 Å². The summed E-state index contributed by atoms with van der Waals surface area (Å²) in [7, 11) is 1.51. The minimum absolute atomic E-state index is 0.0260. The molecular formula is C22H19ClFNO4S. The average molecular weight is 448 g/mol. The molecular weight excluding hydrogens is 429 g/mol. The number of hydrogen-bond acceptors (Lipinski definition) is 4. The quantitative estimate of drug-likeness (QED) is 0.526. The van der Waals surface area contributed by atoms with E-state index in [0.29, 0.717) is 17.7 Å². The van der Waals surface area contributed by atoms with Crippen molar-refractivity contribution in [1.82, 2.24) is 5.32 Å². The van der Waals surface area contributed by atoms with Crippen molar-refractivity contribution in [1.29, 1.82) is 0 Å². The van der Waals surface area contributed by atoms with Crippen LogP contribution in [0.15, 0.2) is 83.8 Å². The Hall–Kier alpha value is -2.90. The zero-order valence-electron chi connectivity index (χ0n) is 15.8. The SMILES string of the molecule is O=C(N[C@H](COc1ccc(S(=O)(=O)Cl)cc1)Cc1ccccc1)c1ccc(F)cc1. The Morgan fingerprint density at radius 3 is 2.20 bits per heavy atom. The van der Waals surface area contributed by atoms with Crippen LogP contribution in [0.25, 0.3) is 0 Å². The molecule has 0 spiro atoms. The molecule has 0 aliphatic carbocycles. The molecule has 5 nitrogen and oxygen atoms in total. The molecule has 0 fully saturated rings. The van der Waals surface area contributed by atoms with Crippen LogP contribution >= 0.6 is 10.7 Å². The van der Waals surface area contributed by atoms with E-state index in [2.05, 4.69) is 5.32 Å². The fraction of sp³-hybridized carbons (Fsp3) is 0.136. The lowest BCUT2D eigenvalue weighted by Gasteiger charge is -2.20. The molecule has 0 saturated heterocycles. The van der Waals surface area contributed by atoms with Crippen LogP contribution in [0, 0.1) is 5.82 Å². The molecule has 8 heteroatoms. The number of carbonyl (C=O) groups excluding carboxylic acids is 1. The van der Waals surface area contributed by atoms with Crippen LogP contribution in [0.4, 0.5) is 4.39 Å². The summed E-state index contributed by atoms with van der Waals surface area (Å²) in [6, 6.07) is 20.2. The van der Waals surface area contributed by atoms with Gasteiger partial charge in [0.25, 0.3) is 15.0 Å². The molecule has 0 unspecified atom stereocenters. The van der Waals surface area contributed by atoms with Crippen molar-refractivity contribution >= 4 is 25.6 Å². The van der Waals surface area contributed by atoms with E-state index in [9.17, 15) is 17.6 Å². The minimum atomic E-state index is -3.81. The van der Waals surface area contributed by atoms with E-state index in [0.717, 1.165) is 5.56 Å². The fourth-order valence-corrected chi connectivity index (χ4v) is 3.59. The molecule has 0 saturated carbocycles. The molecule has 30 heavy (non-hydrogen) atoms. The molecule has 0 radical (unpaired) electrons. The number of rotatable bonds is 8. The van der Waals surface area contributed by atoms with Gasteiger partial charge in [-0.3, -0.25) is 4.79 Å². The van der Waals surface area contributed by atoms with Gasteiger partial charge in [0, 0.05) is 16.2 Å². The second-order valence-electron chi connectivity index (χ2n) is 6.59. The maximum Gasteiger partial charge on any atom is 0.261 e. The van der Waals surface area contributed by atoms with Crippen molar-refractivity contribution in [3.05, 3.63) is 95.8 Å². The molecule has 0 heterocycles. The first-order valence-electron chi connectivity index (χ1n) is 9.09. The number of carbonyl (C=O) groups is 1. The first-order chi connectivity index (χ1) is 14.3. The summed E-state index contributed by atoms with van der Waals surface area (Å²) < 4.78 is 41.6. The highest BCUT2D eigenvalue weighted by Crippen LogP contribution is 2.19. The lowest BCUT2D eigenvalue weighted by Crippen LogP contribution is -2.40. The van der Waals surface area contributed by atoms with Crippen molar-refractivity contribution in [3.63, 3.8) is 0 Å². The average Bonchev–Trinajstić information content (AvgIpc) is 2.73. The summed E-state index contributed by atoms with van der Waals surface area (Å²) in [5.74, 6) is -0.325. The smallest absolute Gasteiger partial charge is 0.261 e. The van der Waals surface area contributed by atoms with E-state index in [1.165, 1.54) is 48.5 Å². The fourth-order valence-electron chi connectivity index (χ4n) is 2.82. The van der Waals surface area contributed by atoms with Gasteiger partial charge in [0.15, 0.2) is 0 Å². The van der Waals surface area contributed by atoms with Crippen LogP contribution in [0.3, 0.4) is 0 Å². The third-order valence-electron chi connectivity index (χ3n) is 4.32. The van der Waals surface area contributed by atoms with Gasteiger partial charge in [-0.15, -0.1) is 0 Å². The van der Waals surface area contributed by atoms with E-state index >= 15 is 0 Å². The van der Waals surface area contributed by atoms with E-state index < -0.39 is 14.9 Å². The highest BCUT2D eigenvalue weighted by molar-refractivity contribution is 8.13. The van der Waals surface area contributed by atoms with Crippen molar-refractivity contribution in [2.45, 2.75) is 17.4 Å². The highest BCUT2D eigenvalue weighted by Gasteiger charge is 2.16. The third-order valence-corrected chi connectivity index (χ3v) is 5.69. The number of benzene rings is 3. The number of ether oxygens (including phenoxy) is 1. The van der Waals surface area contributed by atoms with Gasteiger partial charge in [-0.2, -0.15) is 0 Å². The Morgan fingerprint density at radius 2 is 1.60 bits per heavy atom. The number of amides is 1. The number of halogens is 2. The second kappa shape index (κ2) is 9.73. The Labute approximate surface area is 178 Å². The summed E-state index contributed by atoms with van der Waals surface area (Å²) >= 11 is 0. The summed E-state index contributed by atoms with van der Waals surface area (Å²) in [4.78, 5) is 12.5. The van der Waals surface area contributed by atoms with Gasteiger partial charge >= 0.3 is 0 Å².